The van der Waals surface area contributed by atoms with Crippen LogP contribution in [0.25, 0.3) is 0 Å². The fraction of sp³-hybridized carbons (Fsp3) is 0.697. The van der Waals surface area contributed by atoms with Crippen LogP contribution in [-0.2, 0) is 23.9 Å². The molecule has 0 saturated heterocycles. The van der Waals surface area contributed by atoms with Crippen LogP contribution in [0.5, 0.6) is 0 Å². The van der Waals surface area contributed by atoms with E-state index in [4.69, 9.17) is 4.74 Å². The average Bonchev–Trinajstić information content (AvgIpc) is 3.02. The Labute approximate surface area is 274 Å². The predicted molar refractivity (Wildman–Crippen MR) is 176 cm³/mol. The Morgan fingerprint density at radius 1 is 0.804 bits per heavy atom. The van der Waals surface area contributed by atoms with Crippen LogP contribution in [0.4, 0.5) is 0 Å². The molecule has 13 heteroatoms. The third-order valence-electron chi connectivity index (χ3n) is 7.77. The fourth-order valence-electron chi connectivity index (χ4n) is 4.80. The molecule has 1 rings (SSSR count). The summed E-state index contributed by atoms with van der Waals surface area (Å²) in [4.78, 5) is 68.3. The first kappa shape index (κ1) is 40.4. The van der Waals surface area contributed by atoms with Crippen molar-refractivity contribution in [3.05, 3.63) is 30.1 Å². The van der Waals surface area contributed by atoms with Crippen molar-refractivity contribution in [2.24, 2.45) is 17.8 Å². The fourth-order valence-corrected chi connectivity index (χ4v) is 4.80. The molecule has 1 aromatic heterocycles. The average molecular weight is 649 g/mol. The Kier molecular flexibility index (Phi) is 18.7. The minimum absolute atomic E-state index is 0.0971. The van der Waals surface area contributed by atoms with Gasteiger partial charge in [0.15, 0.2) is 12.4 Å². The highest BCUT2D eigenvalue weighted by atomic mass is 16.5. The van der Waals surface area contributed by atoms with Gasteiger partial charge in [0.05, 0.1) is 11.6 Å². The molecule has 1 aromatic rings. The van der Waals surface area contributed by atoms with Gasteiger partial charge in [-0.1, -0.05) is 48.0 Å². The Hall–Kier alpha value is -3.58. The van der Waals surface area contributed by atoms with Crippen LogP contribution in [-0.4, -0.2) is 86.6 Å². The van der Waals surface area contributed by atoms with Crippen molar-refractivity contribution in [1.29, 1.82) is 0 Å². The van der Waals surface area contributed by atoms with Crippen LogP contribution in [0.2, 0.25) is 0 Å². The number of carbonyl (C=O) groups excluding carboxylic acids is 5. The summed E-state index contributed by atoms with van der Waals surface area (Å²) >= 11 is 0. The molecule has 7 N–H and O–H groups in total. The molecule has 0 aliphatic heterocycles. The number of hydrogen-bond donors (Lipinski definition) is 6. The molecule has 13 nitrogen and oxygen atoms in total. The molecular weight excluding hydrogens is 590 g/mol. The highest BCUT2D eigenvalue weighted by molar-refractivity contribution is 5.98. The van der Waals surface area contributed by atoms with Crippen LogP contribution in [0.3, 0.4) is 0 Å². The highest BCUT2D eigenvalue weighted by Crippen LogP contribution is 2.11. The van der Waals surface area contributed by atoms with Crippen LogP contribution >= 0.6 is 0 Å². The smallest absolute Gasteiger partial charge is 0.252 e. The topological polar surface area (TPSA) is 181 Å². The van der Waals surface area contributed by atoms with E-state index in [0.717, 1.165) is 0 Å². The van der Waals surface area contributed by atoms with Gasteiger partial charge in [0, 0.05) is 45.0 Å². The van der Waals surface area contributed by atoms with Crippen molar-refractivity contribution in [1.82, 2.24) is 31.9 Å². The minimum atomic E-state index is -0.915. The Morgan fingerprint density at radius 2 is 1.46 bits per heavy atom. The van der Waals surface area contributed by atoms with Crippen molar-refractivity contribution < 1.29 is 33.7 Å². The standard InChI is InChI=1S/C33H57N7O6/c1-10-22(7)28(40-30(42)24-12-15-34-16-13-24)33(45)38-26(14-17-46-9)31(43)37-25(18-20(3)4)19-36-23(8)29(41)39-27(21(5)6)32(44)35-11-2/h12-13,15-16,20-23,25-28,36H,10-11,14,17-19H2,1-9H3,(H,35,44)(H,37,43)(H,38,45)(H,39,41)(H,40,42)/p+1/t22-,23-,25?,26-,27?,28?/m0/s1. The van der Waals surface area contributed by atoms with E-state index >= 15 is 0 Å². The first-order valence-corrected chi connectivity index (χ1v) is 16.4. The van der Waals surface area contributed by atoms with E-state index in [2.05, 4.69) is 36.9 Å². The number of rotatable bonds is 21. The molecule has 6 atom stereocenters. The molecule has 46 heavy (non-hydrogen) atoms. The lowest BCUT2D eigenvalue weighted by Crippen LogP contribution is -2.58. The third kappa shape index (κ3) is 14.2. The van der Waals surface area contributed by atoms with Crippen molar-refractivity contribution in [2.75, 3.05) is 26.8 Å². The van der Waals surface area contributed by atoms with Crippen LogP contribution < -0.4 is 36.9 Å². The number of H-pyrrole nitrogens is 1. The van der Waals surface area contributed by atoms with E-state index in [-0.39, 0.29) is 67.0 Å². The summed E-state index contributed by atoms with van der Waals surface area (Å²) in [6.07, 6.45) is 4.72. The third-order valence-corrected chi connectivity index (χ3v) is 7.77. The van der Waals surface area contributed by atoms with Gasteiger partial charge in [0.1, 0.15) is 18.1 Å². The quantitative estimate of drug-likeness (QED) is 0.115. The van der Waals surface area contributed by atoms with Crippen molar-refractivity contribution in [3.8, 4) is 0 Å². The van der Waals surface area contributed by atoms with Gasteiger partial charge in [-0.2, -0.15) is 0 Å². The Morgan fingerprint density at radius 3 is 2.00 bits per heavy atom. The van der Waals surface area contributed by atoms with Crippen molar-refractivity contribution in [2.45, 2.75) is 105 Å². The van der Waals surface area contributed by atoms with E-state index in [1.807, 2.05) is 48.5 Å². The monoisotopic (exact) mass is 648 g/mol. The van der Waals surface area contributed by atoms with Gasteiger partial charge in [0.25, 0.3) is 5.91 Å². The number of methoxy groups -OCH3 is 1. The summed E-state index contributed by atoms with van der Waals surface area (Å²) in [5, 5.41) is 17.5. The minimum Gasteiger partial charge on any atom is -0.385 e. The second kappa shape index (κ2) is 21.3. The number of aromatic amines is 1. The summed E-state index contributed by atoms with van der Waals surface area (Å²) in [5.74, 6) is -1.86. The second-order valence-corrected chi connectivity index (χ2v) is 12.6. The molecule has 5 amide bonds. The van der Waals surface area contributed by atoms with Gasteiger partial charge in [-0.25, -0.2) is 4.98 Å². The number of hydrogen-bond acceptors (Lipinski definition) is 7. The molecule has 0 fully saturated rings. The predicted octanol–water partition coefficient (Wildman–Crippen LogP) is 0.952. The Bertz CT molecular complexity index is 1100. The number of ether oxygens (including phenoxy) is 1. The van der Waals surface area contributed by atoms with E-state index in [0.29, 0.717) is 24.9 Å². The number of amides is 5. The van der Waals surface area contributed by atoms with Crippen molar-refractivity contribution >= 4 is 29.5 Å². The molecule has 0 spiro atoms. The summed E-state index contributed by atoms with van der Waals surface area (Å²) in [5.41, 5.74) is 0.407. The zero-order valence-electron chi connectivity index (χ0n) is 29.1. The van der Waals surface area contributed by atoms with Gasteiger partial charge in [-0.05, 0) is 44.4 Å². The maximum atomic E-state index is 13.6. The lowest BCUT2D eigenvalue weighted by Gasteiger charge is -2.29. The second-order valence-electron chi connectivity index (χ2n) is 12.6. The molecule has 0 bridgehead atoms. The van der Waals surface area contributed by atoms with E-state index in [1.54, 1.807) is 31.5 Å². The van der Waals surface area contributed by atoms with Crippen molar-refractivity contribution in [3.63, 3.8) is 0 Å². The van der Waals surface area contributed by atoms with Gasteiger partial charge >= 0.3 is 0 Å². The zero-order valence-corrected chi connectivity index (χ0v) is 29.1. The van der Waals surface area contributed by atoms with Gasteiger partial charge in [-0.15, -0.1) is 0 Å². The molecule has 0 saturated carbocycles. The van der Waals surface area contributed by atoms with E-state index < -0.39 is 30.1 Å². The van der Waals surface area contributed by atoms with Gasteiger partial charge < -0.3 is 36.6 Å². The number of nitrogens with one attached hydrogen (secondary N) is 7. The van der Waals surface area contributed by atoms with Crippen LogP contribution in [0.15, 0.2) is 24.5 Å². The van der Waals surface area contributed by atoms with E-state index in [1.165, 1.54) is 7.11 Å². The summed E-state index contributed by atoms with van der Waals surface area (Å²) in [6, 6.07) is -0.183. The lowest BCUT2D eigenvalue weighted by molar-refractivity contribution is -0.378. The number of likely N-dealkylation sites (N-methyl/N-ethyl adjacent to an activating group) is 1. The number of pyridine rings is 1. The first-order valence-electron chi connectivity index (χ1n) is 16.4. The molecule has 0 aliphatic rings. The summed E-state index contributed by atoms with van der Waals surface area (Å²) in [7, 11) is 1.52. The zero-order chi connectivity index (χ0) is 34.8. The SMILES string of the molecule is CCNC(=O)C(NC(=O)[C@H](C)NCC(CC(C)C)NC(=O)[C@H](CCOC)NC(=O)C(NC(=O)c1cc[nH+]cc1)[C@@H](C)CC)C(C)C. The summed E-state index contributed by atoms with van der Waals surface area (Å²) in [6.45, 7) is 16.1. The maximum Gasteiger partial charge on any atom is 0.252 e. The maximum absolute atomic E-state index is 13.6. The molecule has 0 aromatic carbocycles. The lowest BCUT2D eigenvalue weighted by atomic mass is 9.97. The number of aromatic nitrogens is 1. The van der Waals surface area contributed by atoms with Crippen LogP contribution in [0, 0.1) is 17.8 Å². The molecule has 0 radical (unpaired) electrons. The normalized spacial score (nSPS) is 15.2. The molecule has 260 valence electrons. The molecule has 1 heterocycles. The first-order chi connectivity index (χ1) is 21.7. The highest BCUT2D eigenvalue weighted by Gasteiger charge is 2.31. The Balaban J connectivity index is 3.00. The largest absolute Gasteiger partial charge is 0.385 e. The number of carbonyl (C=O) groups is 5. The molecular formula is C33H58N7O6+. The van der Waals surface area contributed by atoms with Gasteiger partial charge in [-0.3, -0.25) is 24.0 Å². The van der Waals surface area contributed by atoms with E-state index in [9.17, 15) is 24.0 Å². The summed E-state index contributed by atoms with van der Waals surface area (Å²) < 4.78 is 5.22. The molecule has 0 aliphatic carbocycles. The molecule has 3 unspecified atom stereocenters. The van der Waals surface area contributed by atoms with Gasteiger partial charge in [0.2, 0.25) is 23.6 Å². The van der Waals surface area contributed by atoms with Crippen LogP contribution in [0.1, 0.15) is 85.0 Å².